The summed E-state index contributed by atoms with van der Waals surface area (Å²) in [5.74, 6) is 0. The molecule has 0 aromatic carbocycles. The van der Waals surface area contributed by atoms with Gasteiger partial charge in [0.1, 0.15) is 6.33 Å². The number of pyridine rings is 1. The van der Waals surface area contributed by atoms with Crippen molar-refractivity contribution in [2.45, 2.75) is 0 Å². The predicted octanol–water partition coefficient (Wildman–Crippen LogP) is 2.26. The van der Waals surface area contributed by atoms with E-state index in [-0.39, 0.29) is 10.6 Å². The lowest BCUT2D eigenvalue weighted by molar-refractivity contribution is 1.05. The molecule has 14 heavy (non-hydrogen) atoms. The molecule has 0 N–H and O–H groups in total. The van der Waals surface area contributed by atoms with E-state index >= 15 is 0 Å². The second-order valence-corrected chi connectivity index (χ2v) is 2.72. The summed E-state index contributed by atoms with van der Waals surface area (Å²) in [5, 5.41) is 0.231. The Balaban J connectivity index is 0.000000146. The second-order valence-electron chi connectivity index (χ2n) is 2.05. The van der Waals surface area contributed by atoms with E-state index in [4.69, 9.17) is 23.2 Å². The van der Waals surface area contributed by atoms with E-state index in [0.29, 0.717) is 0 Å². The van der Waals surface area contributed by atoms with Crippen molar-refractivity contribution in [3.63, 3.8) is 0 Å². The molecule has 0 spiro atoms. The molecule has 0 radical (unpaired) electrons. The van der Waals surface area contributed by atoms with Gasteiger partial charge in [-0.3, -0.25) is 4.98 Å². The summed E-state index contributed by atoms with van der Waals surface area (Å²) < 4.78 is 0. The van der Waals surface area contributed by atoms with Gasteiger partial charge in [0.2, 0.25) is 10.6 Å². The lowest BCUT2D eigenvalue weighted by Gasteiger charge is -1.84. The van der Waals surface area contributed by atoms with Crippen LogP contribution in [-0.2, 0) is 0 Å². The van der Waals surface area contributed by atoms with Gasteiger partial charge in [-0.05, 0) is 35.3 Å². The zero-order valence-corrected chi connectivity index (χ0v) is 8.52. The third-order valence-corrected chi connectivity index (χ3v) is 1.44. The van der Waals surface area contributed by atoms with Crippen molar-refractivity contribution >= 4 is 23.2 Å². The molecule has 0 aliphatic carbocycles. The fraction of sp³-hybridized carbons (Fsp3) is 0. The fourth-order valence-corrected chi connectivity index (χ4v) is 0.861. The molecule has 0 aliphatic heterocycles. The highest BCUT2D eigenvalue weighted by atomic mass is 35.5. The molecular weight excluding hydrogens is 223 g/mol. The first-order valence-electron chi connectivity index (χ1n) is 3.64. The third-order valence-electron chi connectivity index (χ3n) is 1.08. The SMILES string of the molecule is Clc1ncnc(Cl)n1.c1ccncc1. The van der Waals surface area contributed by atoms with Crippen LogP contribution in [0.25, 0.3) is 0 Å². The van der Waals surface area contributed by atoms with Gasteiger partial charge in [0, 0.05) is 12.4 Å². The van der Waals surface area contributed by atoms with Crippen molar-refractivity contribution in [2.75, 3.05) is 0 Å². The highest BCUT2D eigenvalue weighted by molar-refractivity contribution is 6.30. The van der Waals surface area contributed by atoms with Crippen molar-refractivity contribution in [3.8, 4) is 0 Å². The van der Waals surface area contributed by atoms with Gasteiger partial charge >= 0.3 is 0 Å². The highest BCUT2D eigenvalue weighted by Crippen LogP contribution is 2.00. The zero-order chi connectivity index (χ0) is 10.2. The molecule has 0 unspecified atom stereocenters. The summed E-state index contributed by atoms with van der Waals surface area (Å²) in [6.07, 6.45) is 4.75. The van der Waals surface area contributed by atoms with E-state index in [2.05, 4.69) is 19.9 Å². The van der Waals surface area contributed by atoms with Crippen molar-refractivity contribution in [1.29, 1.82) is 0 Å². The zero-order valence-electron chi connectivity index (χ0n) is 7.01. The summed E-state index contributed by atoms with van der Waals surface area (Å²) >= 11 is 10.6. The Hall–Kier alpha value is -1.26. The molecule has 6 heteroatoms. The standard InChI is InChI=1S/C5H5N.C3HCl2N3/c1-2-4-6-5-3-1;4-2-6-1-7-3(5)8-2/h1-5H;1H. The minimum absolute atomic E-state index is 0.116. The Morgan fingerprint density at radius 2 is 1.43 bits per heavy atom. The minimum Gasteiger partial charge on any atom is -0.265 e. The van der Waals surface area contributed by atoms with Gasteiger partial charge in [0.05, 0.1) is 0 Å². The maximum Gasteiger partial charge on any atom is 0.226 e. The first-order chi connectivity index (χ1) is 6.79. The van der Waals surface area contributed by atoms with E-state index < -0.39 is 0 Å². The van der Waals surface area contributed by atoms with Crippen LogP contribution in [0.5, 0.6) is 0 Å². The van der Waals surface area contributed by atoms with Crippen LogP contribution in [0.4, 0.5) is 0 Å². The van der Waals surface area contributed by atoms with Gasteiger partial charge in [0.25, 0.3) is 0 Å². The average Bonchev–Trinajstić information content (AvgIpc) is 2.21. The van der Waals surface area contributed by atoms with Gasteiger partial charge in [-0.15, -0.1) is 0 Å². The Morgan fingerprint density at radius 3 is 1.64 bits per heavy atom. The number of nitrogens with zero attached hydrogens (tertiary/aromatic N) is 4. The van der Waals surface area contributed by atoms with Crippen LogP contribution in [-0.4, -0.2) is 19.9 Å². The molecule has 4 nitrogen and oxygen atoms in total. The highest BCUT2D eigenvalue weighted by Gasteiger charge is 1.89. The van der Waals surface area contributed by atoms with Crippen molar-refractivity contribution in [2.24, 2.45) is 0 Å². The first-order valence-corrected chi connectivity index (χ1v) is 4.39. The lowest BCUT2D eigenvalue weighted by Crippen LogP contribution is -1.83. The second kappa shape index (κ2) is 6.23. The number of hydrogen-bond donors (Lipinski definition) is 0. The van der Waals surface area contributed by atoms with Crippen LogP contribution >= 0.6 is 23.2 Å². The molecule has 2 aromatic rings. The number of hydrogen-bond acceptors (Lipinski definition) is 4. The molecule has 2 heterocycles. The Bertz CT molecular complexity index is 325. The van der Waals surface area contributed by atoms with Crippen LogP contribution in [0, 0.1) is 0 Å². The molecule has 0 bridgehead atoms. The quantitative estimate of drug-likeness (QED) is 0.695. The lowest BCUT2D eigenvalue weighted by atomic mass is 10.5. The van der Waals surface area contributed by atoms with Crippen molar-refractivity contribution in [1.82, 2.24) is 19.9 Å². The maximum atomic E-state index is 5.30. The molecule has 0 atom stereocenters. The topological polar surface area (TPSA) is 51.6 Å². The summed E-state index contributed by atoms with van der Waals surface area (Å²) in [7, 11) is 0. The molecule has 0 fully saturated rings. The summed E-state index contributed by atoms with van der Waals surface area (Å²) in [5.41, 5.74) is 0. The summed E-state index contributed by atoms with van der Waals surface area (Å²) in [4.78, 5) is 14.3. The molecule has 2 rings (SSSR count). The van der Waals surface area contributed by atoms with E-state index in [0.717, 1.165) is 0 Å². The summed E-state index contributed by atoms with van der Waals surface area (Å²) in [6.45, 7) is 0. The minimum atomic E-state index is 0.116. The Kier molecular flexibility index (Phi) is 4.82. The molecule has 0 saturated carbocycles. The summed E-state index contributed by atoms with van der Waals surface area (Å²) in [6, 6.07) is 5.72. The van der Waals surface area contributed by atoms with Crippen LogP contribution in [0.3, 0.4) is 0 Å². The molecular formula is C8H6Cl2N4. The van der Waals surface area contributed by atoms with Gasteiger partial charge in [0.15, 0.2) is 0 Å². The van der Waals surface area contributed by atoms with Gasteiger partial charge in [-0.2, -0.15) is 4.98 Å². The van der Waals surface area contributed by atoms with Crippen molar-refractivity contribution in [3.05, 3.63) is 47.5 Å². The number of aromatic nitrogens is 4. The van der Waals surface area contributed by atoms with Gasteiger partial charge in [-0.1, -0.05) is 6.07 Å². The predicted molar refractivity (Wildman–Crippen MR) is 54.1 cm³/mol. The van der Waals surface area contributed by atoms with E-state index in [1.807, 2.05) is 18.2 Å². The fourth-order valence-electron chi connectivity index (χ4n) is 0.571. The van der Waals surface area contributed by atoms with Crippen LogP contribution < -0.4 is 0 Å². The van der Waals surface area contributed by atoms with Crippen LogP contribution in [0.15, 0.2) is 36.9 Å². The van der Waals surface area contributed by atoms with Crippen LogP contribution in [0.1, 0.15) is 0 Å². The van der Waals surface area contributed by atoms with Crippen molar-refractivity contribution < 1.29 is 0 Å². The molecule has 0 amide bonds. The first kappa shape index (κ1) is 10.8. The average molecular weight is 229 g/mol. The van der Waals surface area contributed by atoms with E-state index in [1.165, 1.54) is 6.33 Å². The number of rotatable bonds is 0. The van der Waals surface area contributed by atoms with E-state index in [1.54, 1.807) is 12.4 Å². The Labute approximate surface area is 91.0 Å². The smallest absolute Gasteiger partial charge is 0.226 e. The largest absolute Gasteiger partial charge is 0.265 e. The van der Waals surface area contributed by atoms with Gasteiger partial charge < -0.3 is 0 Å². The third kappa shape index (κ3) is 4.69. The Morgan fingerprint density at radius 1 is 0.857 bits per heavy atom. The maximum absolute atomic E-state index is 5.30. The normalized spacial score (nSPS) is 8.71. The molecule has 72 valence electrons. The molecule has 0 aliphatic rings. The monoisotopic (exact) mass is 228 g/mol. The van der Waals surface area contributed by atoms with Gasteiger partial charge in [-0.25, -0.2) is 9.97 Å². The molecule has 2 aromatic heterocycles. The number of halogens is 2. The van der Waals surface area contributed by atoms with Crippen LogP contribution in [0.2, 0.25) is 10.6 Å². The molecule has 0 saturated heterocycles. The van der Waals surface area contributed by atoms with E-state index in [9.17, 15) is 0 Å².